The van der Waals surface area contributed by atoms with Gasteiger partial charge in [0, 0.05) is 12.0 Å². The molecule has 2 N–H and O–H groups in total. The van der Waals surface area contributed by atoms with Crippen LogP contribution in [-0.2, 0) is 0 Å². The monoisotopic (exact) mass is 213 g/mol. The number of rotatable bonds is 3. The molecule has 0 spiro atoms. The zero-order valence-corrected chi connectivity index (χ0v) is 8.63. The second kappa shape index (κ2) is 4.49. The Bertz CT molecular complexity index is 377. The molecule has 2 atom stereocenters. The number of benzene rings is 1. The fraction of sp³-hybridized carbons (Fsp3) is 0.364. The van der Waals surface area contributed by atoms with Crippen LogP contribution < -0.4 is 5.73 Å². The van der Waals surface area contributed by atoms with Crippen LogP contribution in [0.2, 0.25) is 0 Å². The van der Waals surface area contributed by atoms with Gasteiger partial charge < -0.3 is 5.73 Å². The van der Waals surface area contributed by atoms with E-state index in [1.165, 1.54) is 12.1 Å². The molecule has 4 heteroatoms. The van der Waals surface area contributed by atoms with E-state index in [1.807, 2.05) is 0 Å². The molecule has 0 radical (unpaired) electrons. The van der Waals surface area contributed by atoms with Gasteiger partial charge in [0.25, 0.3) is 0 Å². The Morgan fingerprint density at radius 2 is 1.93 bits per heavy atom. The van der Waals surface area contributed by atoms with Gasteiger partial charge in [0.05, 0.1) is 5.56 Å². The van der Waals surface area contributed by atoms with Crippen LogP contribution in [0.25, 0.3) is 0 Å². The maximum absolute atomic E-state index is 13.2. The van der Waals surface area contributed by atoms with Gasteiger partial charge >= 0.3 is 0 Å². The number of carbonyl (C=O) groups excluding carboxylic acids is 1. The molecule has 2 nitrogen and oxygen atoms in total. The number of hydrogen-bond donors (Lipinski definition) is 1. The number of halogens is 2. The van der Waals surface area contributed by atoms with Gasteiger partial charge in [-0.2, -0.15) is 0 Å². The molecule has 0 amide bonds. The molecule has 0 aliphatic heterocycles. The summed E-state index contributed by atoms with van der Waals surface area (Å²) in [7, 11) is 0. The van der Waals surface area contributed by atoms with Gasteiger partial charge in [0.15, 0.2) is 17.4 Å². The molecule has 1 rings (SSSR count). The summed E-state index contributed by atoms with van der Waals surface area (Å²) in [4.78, 5) is 11.7. The Kier molecular flexibility index (Phi) is 3.52. The summed E-state index contributed by atoms with van der Waals surface area (Å²) < 4.78 is 26.1. The van der Waals surface area contributed by atoms with E-state index in [2.05, 4.69) is 0 Å². The Morgan fingerprint density at radius 3 is 2.47 bits per heavy atom. The van der Waals surface area contributed by atoms with Crippen molar-refractivity contribution >= 4 is 5.78 Å². The van der Waals surface area contributed by atoms with E-state index in [0.29, 0.717) is 0 Å². The van der Waals surface area contributed by atoms with Crippen LogP contribution in [0.1, 0.15) is 24.2 Å². The summed E-state index contributed by atoms with van der Waals surface area (Å²) in [5, 5.41) is 0. The van der Waals surface area contributed by atoms with Crippen molar-refractivity contribution in [3.63, 3.8) is 0 Å². The molecule has 0 fully saturated rings. The molecule has 1 aromatic carbocycles. The highest BCUT2D eigenvalue weighted by atomic mass is 19.2. The zero-order chi connectivity index (χ0) is 11.6. The van der Waals surface area contributed by atoms with Crippen LogP contribution in [0.5, 0.6) is 0 Å². The highest BCUT2D eigenvalue weighted by molar-refractivity contribution is 5.98. The van der Waals surface area contributed by atoms with Crippen molar-refractivity contribution in [2.75, 3.05) is 0 Å². The van der Waals surface area contributed by atoms with Crippen LogP contribution in [0, 0.1) is 17.6 Å². The second-order valence-corrected chi connectivity index (χ2v) is 3.61. The summed E-state index contributed by atoms with van der Waals surface area (Å²) in [6.45, 7) is 3.25. The second-order valence-electron chi connectivity index (χ2n) is 3.61. The van der Waals surface area contributed by atoms with Gasteiger partial charge in [-0.1, -0.05) is 13.0 Å². The minimum Gasteiger partial charge on any atom is -0.327 e. The Morgan fingerprint density at radius 1 is 1.33 bits per heavy atom. The molecular weight excluding hydrogens is 200 g/mol. The topological polar surface area (TPSA) is 43.1 Å². The minimum absolute atomic E-state index is 0.236. The van der Waals surface area contributed by atoms with E-state index >= 15 is 0 Å². The molecule has 15 heavy (non-hydrogen) atoms. The third-order valence-corrected chi connectivity index (χ3v) is 2.42. The van der Waals surface area contributed by atoms with Gasteiger partial charge in [-0.15, -0.1) is 0 Å². The average molecular weight is 213 g/mol. The quantitative estimate of drug-likeness (QED) is 0.781. The molecule has 0 saturated carbocycles. The Hall–Kier alpha value is -1.29. The van der Waals surface area contributed by atoms with Crippen LogP contribution in [0.15, 0.2) is 18.2 Å². The summed E-state index contributed by atoms with van der Waals surface area (Å²) in [5.74, 6) is -3.11. The summed E-state index contributed by atoms with van der Waals surface area (Å²) in [6, 6.07) is 3.15. The predicted molar refractivity (Wildman–Crippen MR) is 53.5 cm³/mol. The third-order valence-electron chi connectivity index (χ3n) is 2.42. The molecule has 0 heterocycles. The van der Waals surface area contributed by atoms with Gasteiger partial charge in [-0.25, -0.2) is 8.78 Å². The average Bonchev–Trinajstić information content (AvgIpc) is 2.20. The largest absolute Gasteiger partial charge is 0.327 e. The lowest BCUT2D eigenvalue weighted by Crippen LogP contribution is -2.31. The summed E-state index contributed by atoms with van der Waals surface area (Å²) in [5.41, 5.74) is 5.29. The maximum Gasteiger partial charge on any atom is 0.170 e. The Balaban J connectivity index is 3.07. The lowest BCUT2D eigenvalue weighted by Gasteiger charge is -2.14. The van der Waals surface area contributed by atoms with Crippen LogP contribution >= 0.6 is 0 Å². The SMILES string of the molecule is CC(N)C(C)C(=O)c1cccc(F)c1F. The molecule has 0 aromatic heterocycles. The van der Waals surface area contributed by atoms with Crippen molar-refractivity contribution in [2.45, 2.75) is 19.9 Å². The zero-order valence-electron chi connectivity index (χ0n) is 8.63. The molecule has 0 aliphatic carbocycles. The first-order valence-corrected chi connectivity index (χ1v) is 4.69. The van der Waals surface area contributed by atoms with Crippen molar-refractivity contribution < 1.29 is 13.6 Å². The summed E-state index contributed by atoms with van der Waals surface area (Å²) >= 11 is 0. The number of ketones is 1. The first-order valence-electron chi connectivity index (χ1n) is 4.69. The predicted octanol–water partition coefficient (Wildman–Crippen LogP) is 2.13. The smallest absolute Gasteiger partial charge is 0.170 e. The lowest BCUT2D eigenvalue weighted by molar-refractivity contribution is 0.0912. The first kappa shape index (κ1) is 11.8. The third kappa shape index (κ3) is 2.39. The molecule has 0 aliphatic rings. The Labute approximate surface area is 87.1 Å². The fourth-order valence-corrected chi connectivity index (χ4v) is 1.18. The van der Waals surface area contributed by atoms with E-state index in [9.17, 15) is 13.6 Å². The van der Waals surface area contributed by atoms with Gasteiger partial charge in [0.2, 0.25) is 0 Å². The summed E-state index contributed by atoms with van der Waals surface area (Å²) in [6.07, 6.45) is 0. The van der Waals surface area contributed by atoms with Gasteiger partial charge in [-0.3, -0.25) is 4.79 Å². The number of Topliss-reactive ketones (excluding diaryl/α,β-unsaturated/α-hetero) is 1. The van der Waals surface area contributed by atoms with Gasteiger partial charge in [0.1, 0.15) is 0 Å². The van der Waals surface area contributed by atoms with E-state index < -0.39 is 23.3 Å². The highest BCUT2D eigenvalue weighted by Gasteiger charge is 2.22. The fourth-order valence-electron chi connectivity index (χ4n) is 1.18. The standard InChI is InChI=1S/C11H13F2NO/c1-6(7(2)14)11(15)8-4-3-5-9(12)10(8)13/h3-7H,14H2,1-2H3. The normalized spacial score (nSPS) is 14.7. The molecule has 2 unspecified atom stereocenters. The van der Waals surface area contributed by atoms with E-state index in [-0.39, 0.29) is 11.6 Å². The maximum atomic E-state index is 13.2. The minimum atomic E-state index is -1.10. The number of hydrogen-bond acceptors (Lipinski definition) is 2. The van der Waals surface area contributed by atoms with Crippen molar-refractivity contribution in [1.82, 2.24) is 0 Å². The van der Waals surface area contributed by atoms with E-state index in [0.717, 1.165) is 6.07 Å². The number of carbonyl (C=O) groups is 1. The van der Waals surface area contributed by atoms with Crippen molar-refractivity contribution in [3.8, 4) is 0 Å². The molecule has 0 saturated heterocycles. The molecule has 82 valence electrons. The van der Waals surface area contributed by atoms with E-state index in [4.69, 9.17) is 5.73 Å². The molecule has 0 bridgehead atoms. The van der Waals surface area contributed by atoms with Crippen molar-refractivity contribution in [1.29, 1.82) is 0 Å². The molecular formula is C11H13F2NO. The lowest BCUT2D eigenvalue weighted by atomic mass is 9.93. The molecule has 1 aromatic rings. The van der Waals surface area contributed by atoms with Crippen LogP contribution in [-0.4, -0.2) is 11.8 Å². The van der Waals surface area contributed by atoms with Gasteiger partial charge in [-0.05, 0) is 19.1 Å². The van der Waals surface area contributed by atoms with Crippen LogP contribution in [0.4, 0.5) is 8.78 Å². The van der Waals surface area contributed by atoms with Crippen LogP contribution in [0.3, 0.4) is 0 Å². The van der Waals surface area contributed by atoms with Crippen molar-refractivity contribution in [3.05, 3.63) is 35.4 Å². The van der Waals surface area contributed by atoms with E-state index in [1.54, 1.807) is 13.8 Å². The highest BCUT2D eigenvalue weighted by Crippen LogP contribution is 2.16. The number of nitrogens with two attached hydrogens (primary N) is 1. The first-order chi connectivity index (χ1) is 6.95. The van der Waals surface area contributed by atoms with Crippen molar-refractivity contribution in [2.24, 2.45) is 11.7 Å².